The van der Waals surface area contributed by atoms with Gasteiger partial charge in [-0.15, -0.1) is 0 Å². The molecule has 0 saturated carbocycles. The smallest absolute Gasteiger partial charge is 0.143 e. The van der Waals surface area contributed by atoms with Crippen LogP contribution in [0.15, 0.2) is 162 Å². The topological polar surface area (TPSA) is 13.1 Å². The minimum atomic E-state index is 0.944. The summed E-state index contributed by atoms with van der Waals surface area (Å²) >= 11 is 0. The zero-order valence-electron chi connectivity index (χ0n) is 24.4. The van der Waals surface area contributed by atoms with Crippen molar-refractivity contribution >= 4 is 65.0 Å². The average Bonchev–Trinajstić information content (AvgIpc) is 3.51. The molecule has 0 saturated heterocycles. The Hall–Kier alpha value is -5.92. The van der Waals surface area contributed by atoms with E-state index in [2.05, 4.69) is 158 Å². The number of rotatable bonds is 3. The fraction of sp³-hybridized carbons (Fsp3) is 0. The predicted octanol–water partition coefficient (Wildman–Crippen LogP) is 12.6. The number of hydrogen-bond donors (Lipinski definition) is 0. The highest BCUT2D eigenvalue weighted by atomic mass is 16.3. The second-order valence-electron chi connectivity index (χ2n) is 12.0. The zero-order valence-corrected chi connectivity index (χ0v) is 24.4. The first-order chi connectivity index (χ1) is 22.3. The molecule has 0 fully saturated rings. The third-order valence-corrected chi connectivity index (χ3v) is 9.59. The van der Waals surface area contributed by atoms with Crippen LogP contribution in [0.5, 0.6) is 0 Å². The van der Waals surface area contributed by atoms with Gasteiger partial charge >= 0.3 is 0 Å². The van der Waals surface area contributed by atoms with Gasteiger partial charge in [0.15, 0.2) is 0 Å². The van der Waals surface area contributed by atoms with Crippen LogP contribution in [0, 0.1) is 0 Å². The van der Waals surface area contributed by atoms with Gasteiger partial charge in [-0.1, -0.05) is 140 Å². The summed E-state index contributed by atoms with van der Waals surface area (Å²) in [5.41, 5.74) is 9.38. The first-order valence-corrected chi connectivity index (χ1v) is 15.5. The number of benzene rings is 9. The monoisotopic (exact) mass is 570 g/mol. The molecule has 0 N–H and O–H groups in total. The summed E-state index contributed by atoms with van der Waals surface area (Å²) in [5, 5.41) is 12.2. The Morgan fingerprint density at radius 1 is 0.333 bits per heavy atom. The van der Waals surface area contributed by atoms with Crippen LogP contribution in [-0.4, -0.2) is 0 Å². The van der Waals surface area contributed by atoms with E-state index < -0.39 is 0 Å². The summed E-state index contributed by atoms with van der Waals surface area (Å²) in [6.07, 6.45) is 0. The van der Waals surface area contributed by atoms with Gasteiger partial charge in [-0.3, -0.25) is 0 Å². The van der Waals surface area contributed by atoms with E-state index in [1.165, 1.54) is 81.9 Å². The van der Waals surface area contributed by atoms with Crippen LogP contribution in [0.3, 0.4) is 0 Å². The lowest BCUT2D eigenvalue weighted by Gasteiger charge is -2.19. The van der Waals surface area contributed by atoms with E-state index in [9.17, 15) is 0 Å². The Kier molecular flexibility index (Phi) is 5.06. The van der Waals surface area contributed by atoms with Gasteiger partial charge in [0, 0.05) is 16.2 Å². The third kappa shape index (κ3) is 3.50. The van der Waals surface area contributed by atoms with E-state index >= 15 is 0 Å². The van der Waals surface area contributed by atoms with E-state index in [1.54, 1.807) is 0 Å². The maximum atomic E-state index is 6.61. The minimum Gasteiger partial charge on any atom is -0.455 e. The third-order valence-electron chi connectivity index (χ3n) is 9.59. The van der Waals surface area contributed by atoms with Crippen molar-refractivity contribution in [1.82, 2.24) is 0 Å². The first kappa shape index (κ1) is 24.5. The van der Waals surface area contributed by atoms with Crippen LogP contribution in [0.4, 0.5) is 0 Å². The highest BCUT2D eigenvalue weighted by Crippen LogP contribution is 2.49. The van der Waals surface area contributed by atoms with Gasteiger partial charge in [-0.05, 0) is 89.3 Å². The molecular formula is C44H26O. The van der Waals surface area contributed by atoms with Gasteiger partial charge in [0.2, 0.25) is 0 Å². The molecule has 10 rings (SSSR count). The number of furan rings is 1. The van der Waals surface area contributed by atoms with Gasteiger partial charge in [0.1, 0.15) is 11.2 Å². The first-order valence-electron chi connectivity index (χ1n) is 15.5. The summed E-state index contributed by atoms with van der Waals surface area (Å²) < 4.78 is 6.61. The van der Waals surface area contributed by atoms with Crippen LogP contribution in [-0.2, 0) is 0 Å². The van der Waals surface area contributed by atoms with Crippen molar-refractivity contribution in [2.24, 2.45) is 0 Å². The lowest BCUT2D eigenvalue weighted by atomic mass is 9.83. The largest absolute Gasteiger partial charge is 0.455 e. The van der Waals surface area contributed by atoms with Crippen molar-refractivity contribution in [3.8, 4) is 33.4 Å². The van der Waals surface area contributed by atoms with Crippen molar-refractivity contribution in [3.63, 3.8) is 0 Å². The molecule has 0 unspecified atom stereocenters. The molecule has 0 amide bonds. The van der Waals surface area contributed by atoms with Crippen LogP contribution < -0.4 is 0 Å². The van der Waals surface area contributed by atoms with E-state index in [0.29, 0.717) is 0 Å². The summed E-state index contributed by atoms with van der Waals surface area (Å²) in [4.78, 5) is 0. The van der Waals surface area contributed by atoms with Crippen molar-refractivity contribution in [1.29, 1.82) is 0 Å². The van der Waals surface area contributed by atoms with Crippen molar-refractivity contribution in [2.45, 2.75) is 0 Å². The summed E-state index contributed by atoms with van der Waals surface area (Å²) in [5.74, 6) is 0. The fourth-order valence-corrected chi connectivity index (χ4v) is 7.64. The van der Waals surface area contributed by atoms with Crippen LogP contribution in [0.1, 0.15) is 0 Å². The summed E-state index contributed by atoms with van der Waals surface area (Å²) in [7, 11) is 0. The quantitative estimate of drug-likeness (QED) is 0.152. The maximum absolute atomic E-state index is 6.61. The molecule has 9 aromatic carbocycles. The molecule has 208 valence electrons. The number of hydrogen-bond acceptors (Lipinski definition) is 1. The predicted molar refractivity (Wildman–Crippen MR) is 191 cm³/mol. The Morgan fingerprint density at radius 2 is 0.889 bits per heavy atom. The molecule has 0 spiro atoms. The standard InChI is InChI=1S/C44H26O/c1-2-11-27(12-3-1)28-21-23-29(24-22-28)40-33-16-6-8-18-35(33)42(36-19-9-7-17-34(36)40)37-26-31-14-10-20-39-41(31)43-38(37)25-30-13-4-5-15-32(30)44(43)45-39/h1-26H. The molecule has 0 aliphatic rings. The summed E-state index contributed by atoms with van der Waals surface area (Å²) in [6, 6.07) is 57.3. The Balaban J connectivity index is 1.33. The normalized spacial score (nSPS) is 12.0. The van der Waals surface area contributed by atoms with Crippen molar-refractivity contribution < 1.29 is 4.42 Å². The lowest BCUT2D eigenvalue weighted by molar-refractivity contribution is 0.673. The van der Waals surface area contributed by atoms with Crippen LogP contribution in [0.2, 0.25) is 0 Å². The molecule has 1 heterocycles. The van der Waals surface area contributed by atoms with Gasteiger partial charge in [-0.25, -0.2) is 0 Å². The van der Waals surface area contributed by atoms with E-state index in [1.807, 2.05) is 0 Å². The Labute approximate surface area is 259 Å². The van der Waals surface area contributed by atoms with Crippen LogP contribution >= 0.6 is 0 Å². The van der Waals surface area contributed by atoms with Gasteiger partial charge in [0.05, 0.1) is 0 Å². The van der Waals surface area contributed by atoms with Gasteiger partial charge < -0.3 is 4.42 Å². The van der Waals surface area contributed by atoms with E-state index in [-0.39, 0.29) is 0 Å². The molecule has 0 aliphatic carbocycles. The molecule has 1 heteroatoms. The number of fused-ring (bicyclic) bond motifs is 4. The summed E-state index contributed by atoms with van der Waals surface area (Å²) in [6.45, 7) is 0. The molecule has 1 nitrogen and oxygen atoms in total. The molecule has 0 atom stereocenters. The Bertz CT molecular complexity index is 2670. The van der Waals surface area contributed by atoms with E-state index in [4.69, 9.17) is 4.42 Å². The highest BCUT2D eigenvalue weighted by molar-refractivity contribution is 6.33. The minimum absolute atomic E-state index is 0.944. The zero-order chi connectivity index (χ0) is 29.5. The van der Waals surface area contributed by atoms with Crippen molar-refractivity contribution in [3.05, 3.63) is 158 Å². The van der Waals surface area contributed by atoms with Crippen molar-refractivity contribution in [2.75, 3.05) is 0 Å². The second kappa shape index (κ2) is 9.29. The second-order valence-corrected chi connectivity index (χ2v) is 12.0. The fourth-order valence-electron chi connectivity index (χ4n) is 7.64. The molecule has 0 radical (unpaired) electrons. The molecule has 1 aromatic heterocycles. The Morgan fingerprint density at radius 3 is 1.60 bits per heavy atom. The molecule has 45 heavy (non-hydrogen) atoms. The molecule has 0 bridgehead atoms. The van der Waals surface area contributed by atoms with Crippen LogP contribution in [0.25, 0.3) is 98.4 Å². The molecule has 0 aliphatic heterocycles. The molecular weight excluding hydrogens is 544 g/mol. The lowest BCUT2D eigenvalue weighted by Crippen LogP contribution is -1.92. The molecule has 10 aromatic rings. The SMILES string of the molecule is c1ccc(-c2ccc(-c3c4ccccc4c(-c4cc5cccc6oc7c8ccccc8cc4c7c56)c4ccccc34)cc2)cc1. The average molecular weight is 571 g/mol. The van der Waals surface area contributed by atoms with E-state index in [0.717, 1.165) is 16.6 Å². The van der Waals surface area contributed by atoms with Gasteiger partial charge in [0.25, 0.3) is 0 Å². The maximum Gasteiger partial charge on any atom is 0.143 e. The highest BCUT2D eigenvalue weighted by Gasteiger charge is 2.23. The van der Waals surface area contributed by atoms with Gasteiger partial charge in [-0.2, -0.15) is 0 Å².